The van der Waals surface area contributed by atoms with Crippen LogP contribution in [-0.2, 0) is 0 Å². The number of benzene rings is 4. The molecule has 0 atom stereocenters. The minimum Gasteiger partial charge on any atom is -0.368 e. The molecule has 0 aliphatic carbocycles. The highest BCUT2D eigenvalue weighted by atomic mass is 16.2. The molecule has 0 spiro atoms. The summed E-state index contributed by atoms with van der Waals surface area (Å²) >= 11 is 0. The molecule has 0 N–H and O–H groups in total. The van der Waals surface area contributed by atoms with Crippen molar-refractivity contribution in [1.82, 2.24) is 14.7 Å². The predicted octanol–water partition coefficient (Wildman–Crippen LogP) is 6.42. The molecule has 9 nitrogen and oxygen atoms in total. The van der Waals surface area contributed by atoms with Crippen LogP contribution in [-0.4, -0.2) is 111 Å². The first-order chi connectivity index (χ1) is 25.9. The van der Waals surface area contributed by atoms with E-state index < -0.39 is 0 Å². The van der Waals surface area contributed by atoms with Crippen LogP contribution in [0, 0.1) is 41.5 Å². The molecule has 3 amide bonds. The summed E-state index contributed by atoms with van der Waals surface area (Å²) in [6.45, 7) is 20.4. The Morgan fingerprint density at radius 1 is 0.352 bits per heavy atom. The van der Waals surface area contributed by atoms with Crippen LogP contribution in [0.4, 0.5) is 17.1 Å². The molecule has 0 saturated carbocycles. The van der Waals surface area contributed by atoms with Gasteiger partial charge in [-0.1, -0.05) is 36.4 Å². The second kappa shape index (κ2) is 15.6. The van der Waals surface area contributed by atoms with Crippen molar-refractivity contribution >= 4 is 34.8 Å². The molecule has 282 valence electrons. The molecule has 4 aromatic rings. The van der Waals surface area contributed by atoms with E-state index in [0.717, 1.165) is 39.3 Å². The van der Waals surface area contributed by atoms with Crippen LogP contribution in [0.15, 0.2) is 72.8 Å². The third kappa shape index (κ3) is 7.81. The third-order valence-corrected chi connectivity index (χ3v) is 11.5. The largest absolute Gasteiger partial charge is 0.368 e. The number of rotatable bonds is 6. The van der Waals surface area contributed by atoms with Gasteiger partial charge in [0.2, 0.25) is 0 Å². The molecular formula is C45H54N6O3. The number of carbonyl (C=O) groups is 3. The predicted molar refractivity (Wildman–Crippen MR) is 219 cm³/mol. The number of carbonyl (C=O) groups excluding carboxylic acids is 3. The van der Waals surface area contributed by atoms with E-state index in [0.29, 0.717) is 56.0 Å². The van der Waals surface area contributed by atoms with Gasteiger partial charge in [-0.2, -0.15) is 0 Å². The Morgan fingerprint density at radius 2 is 0.593 bits per heavy atom. The van der Waals surface area contributed by atoms with Crippen molar-refractivity contribution in [3.05, 3.63) is 123 Å². The molecule has 3 saturated heterocycles. The second-order valence-electron chi connectivity index (χ2n) is 15.5. The maximum Gasteiger partial charge on any atom is 0.254 e. The standard InChI is InChI=1S/C45H54N6O3/c1-31-7-10-34(4)40(25-31)46-13-19-49(20-14-46)43(52)37-28-38(44(53)50-21-15-47(16-22-50)41-26-32(2)8-11-35(41)5)30-39(29-37)45(54)51-23-17-48(18-24-51)42-27-33(3)9-12-36(42)6/h7-12,25-30H,13-24H2,1-6H3. The zero-order valence-corrected chi connectivity index (χ0v) is 32.8. The van der Waals surface area contributed by atoms with Crippen molar-refractivity contribution in [2.24, 2.45) is 0 Å². The molecule has 3 aliphatic rings. The number of hydrogen-bond acceptors (Lipinski definition) is 6. The number of amides is 3. The smallest absolute Gasteiger partial charge is 0.254 e. The highest BCUT2D eigenvalue weighted by Gasteiger charge is 2.30. The molecule has 0 aromatic heterocycles. The zero-order chi connectivity index (χ0) is 38.1. The average Bonchev–Trinajstić information content (AvgIpc) is 3.20. The first-order valence-corrected chi connectivity index (χ1v) is 19.4. The zero-order valence-electron chi connectivity index (χ0n) is 32.8. The first kappa shape index (κ1) is 37.0. The van der Waals surface area contributed by atoms with Gasteiger partial charge in [-0.15, -0.1) is 0 Å². The Balaban J connectivity index is 1.10. The lowest BCUT2D eigenvalue weighted by molar-refractivity contribution is 0.0743. The molecule has 3 aliphatic heterocycles. The van der Waals surface area contributed by atoms with Gasteiger partial charge in [0.15, 0.2) is 0 Å². The Hall–Kier alpha value is -5.31. The summed E-state index contributed by atoms with van der Waals surface area (Å²) in [7, 11) is 0. The average molecular weight is 727 g/mol. The molecule has 3 fully saturated rings. The number of piperazine rings is 3. The Kier molecular flexibility index (Phi) is 10.7. The van der Waals surface area contributed by atoms with Gasteiger partial charge < -0.3 is 29.4 Å². The van der Waals surface area contributed by atoms with Gasteiger partial charge in [0.25, 0.3) is 17.7 Å². The summed E-state index contributed by atoms with van der Waals surface area (Å²) in [5.74, 6) is -0.420. The monoisotopic (exact) mass is 726 g/mol. The van der Waals surface area contributed by atoms with E-state index in [9.17, 15) is 14.4 Å². The maximum absolute atomic E-state index is 14.2. The second-order valence-corrected chi connectivity index (χ2v) is 15.5. The summed E-state index contributed by atoms with van der Waals surface area (Å²) in [4.78, 5) is 55.3. The molecular weight excluding hydrogens is 673 g/mol. The van der Waals surface area contributed by atoms with Crippen LogP contribution in [0.1, 0.15) is 64.5 Å². The quantitative estimate of drug-likeness (QED) is 0.229. The highest BCUT2D eigenvalue weighted by Crippen LogP contribution is 2.27. The molecule has 4 aromatic carbocycles. The Bertz CT molecular complexity index is 1810. The van der Waals surface area contributed by atoms with Gasteiger partial charge >= 0.3 is 0 Å². The van der Waals surface area contributed by atoms with Crippen molar-refractivity contribution in [2.45, 2.75) is 41.5 Å². The van der Waals surface area contributed by atoms with Crippen LogP contribution in [0.5, 0.6) is 0 Å². The van der Waals surface area contributed by atoms with E-state index >= 15 is 0 Å². The molecule has 3 heterocycles. The van der Waals surface area contributed by atoms with Crippen molar-refractivity contribution in [3.63, 3.8) is 0 Å². The fourth-order valence-electron chi connectivity index (χ4n) is 8.18. The highest BCUT2D eigenvalue weighted by molar-refractivity contribution is 6.04. The van der Waals surface area contributed by atoms with Gasteiger partial charge in [-0.3, -0.25) is 14.4 Å². The van der Waals surface area contributed by atoms with Crippen molar-refractivity contribution in [3.8, 4) is 0 Å². The van der Waals surface area contributed by atoms with Gasteiger partial charge in [0, 0.05) is 112 Å². The maximum atomic E-state index is 14.2. The van der Waals surface area contributed by atoms with Gasteiger partial charge in [0.1, 0.15) is 0 Å². The number of hydrogen-bond donors (Lipinski definition) is 0. The fraction of sp³-hybridized carbons (Fsp3) is 0.400. The van der Waals surface area contributed by atoms with E-state index in [2.05, 4.69) is 111 Å². The SMILES string of the molecule is Cc1ccc(C)c(N2CCN(C(=O)c3cc(C(=O)N4CCN(c5cc(C)ccc5C)CC4)cc(C(=O)N4CCN(c5cc(C)ccc5C)CC4)c3)CC2)c1. The lowest BCUT2D eigenvalue weighted by Crippen LogP contribution is -2.50. The minimum atomic E-state index is -0.140. The van der Waals surface area contributed by atoms with E-state index in [1.165, 1.54) is 50.4 Å². The van der Waals surface area contributed by atoms with Gasteiger partial charge in [-0.25, -0.2) is 0 Å². The summed E-state index contributed by atoms with van der Waals surface area (Å²) in [6, 6.07) is 24.6. The Labute approximate surface area is 320 Å². The van der Waals surface area contributed by atoms with E-state index in [-0.39, 0.29) is 17.7 Å². The van der Waals surface area contributed by atoms with Crippen LogP contribution in [0.3, 0.4) is 0 Å². The minimum absolute atomic E-state index is 0.140. The van der Waals surface area contributed by atoms with Crippen molar-refractivity contribution in [2.75, 3.05) is 93.2 Å². The van der Waals surface area contributed by atoms with E-state index in [1.54, 1.807) is 18.2 Å². The molecule has 0 unspecified atom stereocenters. The molecule has 54 heavy (non-hydrogen) atoms. The van der Waals surface area contributed by atoms with E-state index in [1.807, 2.05) is 14.7 Å². The summed E-state index contributed by atoms with van der Waals surface area (Å²) in [5, 5.41) is 0. The van der Waals surface area contributed by atoms with Crippen LogP contribution in [0.25, 0.3) is 0 Å². The molecule has 0 bridgehead atoms. The van der Waals surface area contributed by atoms with Crippen molar-refractivity contribution < 1.29 is 14.4 Å². The molecule has 7 rings (SSSR count). The van der Waals surface area contributed by atoms with Crippen LogP contribution >= 0.6 is 0 Å². The lowest BCUT2D eigenvalue weighted by Gasteiger charge is -2.38. The van der Waals surface area contributed by atoms with Gasteiger partial charge in [-0.05, 0) is 111 Å². The molecule has 9 heteroatoms. The van der Waals surface area contributed by atoms with E-state index in [4.69, 9.17) is 0 Å². The van der Waals surface area contributed by atoms with Gasteiger partial charge in [0.05, 0.1) is 0 Å². The topological polar surface area (TPSA) is 70.7 Å². The summed E-state index contributed by atoms with van der Waals surface area (Å²) < 4.78 is 0. The Morgan fingerprint density at radius 3 is 0.833 bits per heavy atom. The number of anilines is 3. The fourth-order valence-corrected chi connectivity index (χ4v) is 8.18. The van der Waals surface area contributed by atoms with Crippen LogP contribution < -0.4 is 14.7 Å². The number of aryl methyl sites for hydroxylation is 6. The first-order valence-electron chi connectivity index (χ1n) is 19.4. The van der Waals surface area contributed by atoms with Crippen LogP contribution in [0.2, 0.25) is 0 Å². The molecule has 0 radical (unpaired) electrons. The number of nitrogens with zero attached hydrogens (tertiary/aromatic N) is 6. The summed E-state index contributed by atoms with van der Waals surface area (Å²) in [6.07, 6.45) is 0. The normalized spacial score (nSPS) is 16.6. The summed E-state index contributed by atoms with van der Waals surface area (Å²) in [5.41, 5.74) is 12.1. The lowest BCUT2D eigenvalue weighted by atomic mass is 10.0. The third-order valence-electron chi connectivity index (χ3n) is 11.5. The van der Waals surface area contributed by atoms with Crippen molar-refractivity contribution in [1.29, 1.82) is 0 Å².